The van der Waals surface area contributed by atoms with Crippen molar-refractivity contribution in [3.63, 3.8) is 0 Å². The topological polar surface area (TPSA) is 70.2 Å². The molecule has 11 heteroatoms. The molecule has 3 aliphatic heterocycles. The highest BCUT2D eigenvalue weighted by molar-refractivity contribution is 7.92. The SMILES string of the molecule is Cc1cc(N(CC(C)C)S(C)(=O)=O)c(C2CCN(C(=O)[C@@H]3CN(C4CCOCC4)C[C@H]3c3ccc(F)cc3F)CC2)cc1Cl. The number of sulfonamides is 1. The van der Waals surface area contributed by atoms with Gasteiger partial charge in [-0.1, -0.05) is 31.5 Å². The van der Waals surface area contributed by atoms with Gasteiger partial charge in [0.1, 0.15) is 11.6 Å². The summed E-state index contributed by atoms with van der Waals surface area (Å²) in [6.45, 7) is 9.63. The van der Waals surface area contributed by atoms with Gasteiger partial charge in [-0.15, -0.1) is 0 Å². The van der Waals surface area contributed by atoms with Gasteiger partial charge in [-0.05, 0) is 79.3 Å². The largest absolute Gasteiger partial charge is 0.381 e. The molecule has 3 heterocycles. The summed E-state index contributed by atoms with van der Waals surface area (Å²) in [5.74, 6) is -1.91. The van der Waals surface area contributed by atoms with Gasteiger partial charge in [-0.2, -0.15) is 0 Å². The van der Waals surface area contributed by atoms with Gasteiger partial charge in [0.2, 0.25) is 15.9 Å². The van der Waals surface area contributed by atoms with Crippen LogP contribution in [0.15, 0.2) is 30.3 Å². The van der Waals surface area contributed by atoms with E-state index in [4.69, 9.17) is 16.3 Å². The van der Waals surface area contributed by atoms with Gasteiger partial charge in [0, 0.05) is 69.0 Å². The fraction of sp³-hybridized carbons (Fsp3) is 0.606. The Hall–Kier alpha value is -2.27. The summed E-state index contributed by atoms with van der Waals surface area (Å²) in [5, 5.41) is 0.587. The molecule has 0 unspecified atom stereocenters. The zero-order valence-electron chi connectivity index (χ0n) is 26.1. The number of carbonyl (C=O) groups excluding carboxylic acids is 1. The van der Waals surface area contributed by atoms with Crippen LogP contribution in [0.3, 0.4) is 0 Å². The van der Waals surface area contributed by atoms with Gasteiger partial charge < -0.3 is 9.64 Å². The number of hydrogen-bond donors (Lipinski definition) is 0. The van der Waals surface area contributed by atoms with Gasteiger partial charge in [0.25, 0.3) is 0 Å². The van der Waals surface area contributed by atoms with E-state index in [1.54, 1.807) is 0 Å². The first kappa shape index (κ1) is 33.1. The van der Waals surface area contributed by atoms with Crippen LogP contribution in [0.2, 0.25) is 5.02 Å². The molecule has 0 N–H and O–H groups in total. The average Bonchev–Trinajstić information content (AvgIpc) is 3.42. The highest BCUT2D eigenvalue weighted by Gasteiger charge is 2.44. The Labute approximate surface area is 265 Å². The molecule has 2 atom stereocenters. The molecule has 0 bridgehead atoms. The summed E-state index contributed by atoms with van der Waals surface area (Å²) in [5.41, 5.74) is 2.74. The average molecular weight is 652 g/mol. The van der Waals surface area contributed by atoms with Crippen LogP contribution < -0.4 is 4.31 Å². The van der Waals surface area contributed by atoms with Gasteiger partial charge in [-0.25, -0.2) is 17.2 Å². The van der Waals surface area contributed by atoms with Crippen LogP contribution in [0.4, 0.5) is 14.5 Å². The maximum absolute atomic E-state index is 15.1. The number of anilines is 1. The molecule has 7 nitrogen and oxygen atoms in total. The third-order valence-corrected chi connectivity index (χ3v) is 11.0. The lowest BCUT2D eigenvalue weighted by molar-refractivity contribution is -0.136. The first-order valence-electron chi connectivity index (χ1n) is 15.7. The van der Waals surface area contributed by atoms with E-state index in [1.165, 1.54) is 22.7 Å². The molecule has 44 heavy (non-hydrogen) atoms. The second-order valence-corrected chi connectivity index (χ2v) is 15.4. The van der Waals surface area contributed by atoms with E-state index in [0.29, 0.717) is 75.1 Å². The third-order valence-electron chi connectivity index (χ3n) is 9.49. The molecule has 0 saturated carbocycles. The van der Waals surface area contributed by atoms with Crippen LogP contribution in [0, 0.1) is 30.4 Å². The van der Waals surface area contributed by atoms with Crippen LogP contribution in [-0.2, 0) is 19.6 Å². The number of piperidine rings is 1. The van der Waals surface area contributed by atoms with Crippen molar-refractivity contribution in [2.75, 3.05) is 56.5 Å². The number of carbonyl (C=O) groups is 1. The molecule has 3 fully saturated rings. The summed E-state index contributed by atoms with van der Waals surface area (Å²) >= 11 is 6.57. The lowest BCUT2D eigenvalue weighted by Gasteiger charge is -2.37. The fourth-order valence-corrected chi connectivity index (χ4v) is 8.42. The number of amides is 1. The summed E-state index contributed by atoms with van der Waals surface area (Å²) < 4.78 is 61.7. The number of ether oxygens (including phenoxy) is 1. The minimum absolute atomic E-state index is 0.00790. The molecule has 0 aliphatic carbocycles. The number of halogens is 3. The van der Waals surface area contributed by atoms with Crippen molar-refractivity contribution < 1.29 is 26.7 Å². The van der Waals surface area contributed by atoms with Gasteiger partial charge in [0.15, 0.2) is 0 Å². The molecular weight excluding hydrogens is 608 g/mol. The standard InChI is InChI=1S/C33H44ClF2N3O4S/c1-21(2)18-39(44(4,41)42)32-15-22(3)30(34)17-27(32)23-7-11-37(12-8-23)33(40)29-20-38(25-9-13-43-14-10-25)19-28(29)26-6-5-24(35)16-31(26)36/h5-6,15-17,21,23,25,28-29H,7-14,18-20H2,1-4H3/t28-,29+/m0/s1. The Morgan fingerprint density at radius 2 is 1.73 bits per heavy atom. The van der Waals surface area contributed by atoms with Crippen molar-refractivity contribution in [1.29, 1.82) is 0 Å². The number of aryl methyl sites for hydroxylation is 1. The quantitative estimate of drug-likeness (QED) is 0.353. The Kier molecular flexibility index (Phi) is 10.2. The number of likely N-dealkylation sites (tertiary alicyclic amines) is 2. The molecular formula is C33H44ClF2N3O4S. The van der Waals surface area contributed by atoms with E-state index in [1.807, 2.05) is 37.8 Å². The van der Waals surface area contributed by atoms with Gasteiger partial charge in [-0.3, -0.25) is 14.0 Å². The van der Waals surface area contributed by atoms with Crippen molar-refractivity contribution >= 4 is 33.2 Å². The molecule has 1 amide bonds. The maximum atomic E-state index is 15.1. The smallest absolute Gasteiger partial charge is 0.232 e. The molecule has 3 aliphatic rings. The molecule has 5 rings (SSSR count). The van der Waals surface area contributed by atoms with E-state index in [9.17, 15) is 17.6 Å². The summed E-state index contributed by atoms with van der Waals surface area (Å²) in [7, 11) is -3.53. The Balaban J connectivity index is 1.37. The highest BCUT2D eigenvalue weighted by atomic mass is 35.5. The minimum Gasteiger partial charge on any atom is -0.381 e. The first-order chi connectivity index (χ1) is 20.8. The van der Waals surface area contributed by atoms with E-state index < -0.39 is 27.6 Å². The summed E-state index contributed by atoms with van der Waals surface area (Å²) in [6, 6.07) is 7.69. The summed E-state index contributed by atoms with van der Waals surface area (Å²) in [4.78, 5) is 18.3. The second kappa shape index (κ2) is 13.6. The molecule has 3 saturated heterocycles. The number of nitrogens with zero attached hydrogens (tertiary/aromatic N) is 3. The molecule has 0 aromatic heterocycles. The Bertz CT molecular complexity index is 1460. The Morgan fingerprint density at radius 1 is 1.05 bits per heavy atom. The first-order valence-corrected chi connectivity index (χ1v) is 17.9. The van der Waals surface area contributed by atoms with Gasteiger partial charge in [0.05, 0.1) is 17.9 Å². The summed E-state index contributed by atoms with van der Waals surface area (Å²) in [6.07, 6.45) is 4.28. The van der Waals surface area contributed by atoms with Crippen LogP contribution in [-0.4, -0.2) is 82.4 Å². The highest BCUT2D eigenvalue weighted by Crippen LogP contribution is 2.41. The van der Waals surface area contributed by atoms with Crippen molar-refractivity contribution in [3.05, 3.63) is 63.7 Å². The monoisotopic (exact) mass is 651 g/mol. The predicted octanol–water partition coefficient (Wildman–Crippen LogP) is 5.95. The van der Waals surface area contributed by atoms with Crippen LogP contribution in [0.5, 0.6) is 0 Å². The molecule has 2 aromatic carbocycles. The number of benzene rings is 2. The molecule has 2 aromatic rings. The van der Waals surface area contributed by atoms with E-state index in [-0.39, 0.29) is 29.7 Å². The van der Waals surface area contributed by atoms with Crippen LogP contribution in [0.1, 0.15) is 68.1 Å². The lowest BCUT2D eigenvalue weighted by Crippen LogP contribution is -2.44. The number of hydrogen-bond acceptors (Lipinski definition) is 5. The lowest BCUT2D eigenvalue weighted by atomic mass is 9.85. The normalized spacial score (nSPS) is 22.6. The zero-order valence-corrected chi connectivity index (χ0v) is 27.6. The number of rotatable bonds is 8. The van der Waals surface area contributed by atoms with E-state index in [0.717, 1.165) is 30.0 Å². The van der Waals surface area contributed by atoms with Crippen molar-refractivity contribution in [2.45, 2.75) is 64.3 Å². The van der Waals surface area contributed by atoms with Crippen molar-refractivity contribution in [2.24, 2.45) is 11.8 Å². The molecule has 0 spiro atoms. The maximum Gasteiger partial charge on any atom is 0.232 e. The Morgan fingerprint density at radius 3 is 2.34 bits per heavy atom. The fourth-order valence-electron chi connectivity index (χ4n) is 7.16. The predicted molar refractivity (Wildman–Crippen MR) is 170 cm³/mol. The van der Waals surface area contributed by atoms with E-state index in [2.05, 4.69) is 4.90 Å². The minimum atomic E-state index is -3.53. The third kappa shape index (κ3) is 7.24. The zero-order chi connectivity index (χ0) is 31.8. The molecule has 0 radical (unpaired) electrons. The van der Waals surface area contributed by atoms with Crippen LogP contribution in [0.25, 0.3) is 0 Å². The van der Waals surface area contributed by atoms with Crippen molar-refractivity contribution in [3.8, 4) is 0 Å². The second-order valence-electron chi connectivity index (χ2n) is 13.1. The van der Waals surface area contributed by atoms with Crippen LogP contribution >= 0.6 is 11.6 Å². The van der Waals surface area contributed by atoms with E-state index >= 15 is 4.39 Å². The molecule has 242 valence electrons. The van der Waals surface area contributed by atoms with Gasteiger partial charge >= 0.3 is 0 Å². The van der Waals surface area contributed by atoms with Crippen molar-refractivity contribution in [1.82, 2.24) is 9.80 Å².